The summed E-state index contributed by atoms with van der Waals surface area (Å²) in [6.07, 6.45) is 3.86. The normalized spacial score (nSPS) is 17.8. The van der Waals surface area contributed by atoms with Crippen molar-refractivity contribution in [3.8, 4) is 0 Å². The van der Waals surface area contributed by atoms with Crippen LogP contribution in [-0.4, -0.2) is 48.9 Å². The van der Waals surface area contributed by atoms with Crippen LogP contribution in [0.1, 0.15) is 29.1 Å². The first-order valence-corrected chi connectivity index (χ1v) is 9.85. The monoisotopic (exact) mass is 395 g/mol. The molecule has 146 valence electrons. The minimum atomic E-state index is -3.93. The number of sulfonamides is 1. The molecule has 3 heterocycles. The molecule has 27 heavy (non-hydrogen) atoms. The third kappa shape index (κ3) is 3.76. The van der Waals surface area contributed by atoms with E-state index < -0.39 is 22.0 Å². The summed E-state index contributed by atoms with van der Waals surface area (Å²) in [7, 11) is -1.14. The number of hydrogen-bond donors (Lipinski definition) is 1. The highest BCUT2D eigenvalue weighted by molar-refractivity contribution is 7.89. The Morgan fingerprint density at radius 2 is 2.19 bits per heavy atom. The first kappa shape index (κ1) is 19.2. The van der Waals surface area contributed by atoms with Gasteiger partial charge in [-0.1, -0.05) is 0 Å². The second kappa shape index (κ2) is 7.57. The van der Waals surface area contributed by atoms with Gasteiger partial charge in [-0.05, 0) is 31.0 Å². The zero-order valence-electron chi connectivity index (χ0n) is 15.0. The Bertz CT molecular complexity index is 932. The molecule has 0 aliphatic carbocycles. The topological polar surface area (TPSA) is 111 Å². The van der Waals surface area contributed by atoms with Crippen LogP contribution in [0.4, 0.5) is 0 Å². The van der Waals surface area contributed by atoms with E-state index in [0.717, 1.165) is 0 Å². The lowest BCUT2D eigenvalue weighted by atomic mass is 10.2. The lowest BCUT2D eigenvalue weighted by Crippen LogP contribution is -2.45. The van der Waals surface area contributed by atoms with Crippen molar-refractivity contribution >= 4 is 21.9 Å². The Balaban J connectivity index is 1.78. The van der Waals surface area contributed by atoms with Crippen molar-refractivity contribution in [2.45, 2.75) is 30.3 Å². The highest BCUT2D eigenvalue weighted by Crippen LogP contribution is 2.27. The van der Waals surface area contributed by atoms with Crippen molar-refractivity contribution in [3.05, 3.63) is 42.1 Å². The first-order chi connectivity index (χ1) is 12.8. The van der Waals surface area contributed by atoms with Crippen LogP contribution in [0.2, 0.25) is 0 Å². The van der Waals surface area contributed by atoms with Gasteiger partial charge in [0.1, 0.15) is 22.4 Å². The molecule has 9 nitrogen and oxygen atoms in total. The average molecular weight is 395 g/mol. The fraction of sp³-hybridized carbons (Fsp3) is 0.412. The lowest BCUT2D eigenvalue weighted by Gasteiger charge is -2.22. The second-order valence-corrected chi connectivity index (χ2v) is 8.13. The molecule has 2 aromatic rings. The van der Waals surface area contributed by atoms with Gasteiger partial charge in [-0.3, -0.25) is 4.79 Å². The summed E-state index contributed by atoms with van der Waals surface area (Å²) in [6, 6.07) is 3.90. The van der Waals surface area contributed by atoms with E-state index in [-0.39, 0.29) is 29.6 Å². The van der Waals surface area contributed by atoms with E-state index in [9.17, 15) is 18.0 Å². The molecule has 1 aliphatic rings. The van der Waals surface area contributed by atoms with Gasteiger partial charge in [-0.15, -0.1) is 0 Å². The molecule has 1 N–H and O–H groups in total. The van der Waals surface area contributed by atoms with Crippen LogP contribution in [-0.2, 0) is 33.1 Å². The zero-order chi connectivity index (χ0) is 19.6. The van der Waals surface area contributed by atoms with Crippen LogP contribution >= 0.6 is 0 Å². The number of carbonyl (C=O) groups excluding carboxylic acids is 2. The quantitative estimate of drug-likeness (QED) is 0.727. The fourth-order valence-corrected chi connectivity index (χ4v) is 4.84. The number of nitrogens with one attached hydrogen (secondary N) is 1. The van der Waals surface area contributed by atoms with Crippen molar-refractivity contribution < 1.29 is 27.2 Å². The molecule has 10 heteroatoms. The molecule has 2 aromatic heterocycles. The fourth-order valence-electron chi connectivity index (χ4n) is 3.11. The molecule has 1 saturated heterocycles. The molecule has 0 radical (unpaired) electrons. The highest BCUT2D eigenvalue weighted by Gasteiger charge is 2.40. The number of esters is 1. The van der Waals surface area contributed by atoms with Gasteiger partial charge in [0.2, 0.25) is 15.9 Å². The maximum Gasteiger partial charge on any atom is 0.354 e. The van der Waals surface area contributed by atoms with Gasteiger partial charge in [0.15, 0.2) is 0 Å². The lowest BCUT2D eigenvalue weighted by molar-refractivity contribution is -0.124. The summed E-state index contributed by atoms with van der Waals surface area (Å²) < 4.78 is 38.4. The standard InChI is InChI=1S/C17H21N3O6S/c1-19-11-13(9-15(19)17(22)25-2)27(23,24)20-7-3-6-14(20)16(21)18-10-12-5-4-8-26-12/h4-5,8-9,11,14H,3,6-7,10H2,1-2H3,(H,18,21). The Morgan fingerprint density at radius 3 is 2.85 bits per heavy atom. The second-order valence-electron chi connectivity index (χ2n) is 6.23. The highest BCUT2D eigenvalue weighted by atomic mass is 32.2. The number of hydrogen-bond acceptors (Lipinski definition) is 6. The Kier molecular flexibility index (Phi) is 5.38. The molecule has 0 spiro atoms. The largest absolute Gasteiger partial charge is 0.467 e. The molecule has 1 atom stereocenters. The van der Waals surface area contributed by atoms with Crippen LogP contribution in [0.5, 0.6) is 0 Å². The van der Waals surface area contributed by atoms with E-state index in [1.165, 1.54) is 34.5 Å². The zero-order valence-corrected chi connectivity index (χ0v) is 15.9. The Labute approximate surface area is 156 Å². The van der Waals surface area contributed by atoms with E-state index >= 15 is 0 Å². The number of rotatable bonds is 6. The number of methoxy groups -OCH3 is 1. The van der Waals surface area contributed by atoms with Crippen molar-refractivity contribution in [3.63, 3.8) is 0 Å². The van der Waals surface area contributed by atoms with Gasteiger partial charge < -0.3 is 19.0 Å². The van der Waals surface area contributed by atoms with Gasteiger partial charge in [0.25, 0.3) is 0 Å². The smallest absolute Gasteiger partial charge is 0.354 e. The molecule has 0 saturated carbocycles. The van der Waals surface area contributed by atoms with Crippen LogP contribution in [0.15, 0.2) is 40.0 Å². The third-order valence-corrected chi connectivity index (χ3v) is 6.38. The van der Waals surface area contributed by atoms with E-state index in [1.807, 2.05) is 0 Å². The van der Waals surface area contributed by atoms with Crippen molar-refractivity contribution in [1.29, 1.82) is 0 Å². The van der Waals surface area contributed by atoms with Gasteiger partial charge in [-0.2, -0.15) is 4.31 Å². The summed E-state index contributed by atoms with van der Waals surface area (Å²) in [6.45, 7) is 0.428. The molecular formula is C17H21N3O6S. The Hall–Kier alpha value is -2.59. The van der Waals surface area contributed by atoms with Gasteiger partial charge in [0, 0.05) is 19.8 Å². The number of furan rings is 1. The van der Waals surface area contributed by atoms with E-state index in [2.05, 4.69) is 10.1 Å². The third-order valence-electron chi connectivity index (χ3n) is 4.50. The first-order valence-electron chi connectivity index (χ1n) is 8.41. The van der Waals surface area contributed by atoms with Gasteiger partial charge >= 0.3 is 5.97 Å². The average Bonchev–Trinajstić information content (AvgIpc) is 3.38. The molecular weight excluding hydrogens is 374 g/mol. The van der Waals surface area contributed by atoms with E-state index in [4.69, 9.17) is 4.42 Å². The summed E-state index contributed by atoms with van der Waals surface area (Å²) >= 11 is 0. The summed E-state index contributed by atoms with van der Waals surface area (Å²) in [4.78, 5) is 24.2. The van der Waals surface area contributed by atoms with Crippen molar-refractivity contribution in [2.24, 2.45) is 7.05 Å². The minimum absolute atomic E-state index is 0.0452. The summed E-state index contributed by atoms with van der Waals surface area (Å²) in [5.74, 6) is -0.425. The summed E-state index contributed by atoms with van der Waals surface area (Å²) in [5, 5.41) is 2.71. The van der Waals surface area contributed by atoms with E-state index in [1.54, 1.807) is 19.2 Å². The molecule has 1 unspecified atom stereocenters. The Morgan fingerprint density at radius 1 is 1.41 bits per heavy atom. The molecule has 0 aromatic carbocycles. The van der Waals surface area contributed by atoms with Gasteiger partial charge in [-0.25, -0.2) is 13.2 Å². The number of carbonyl (C=O) groups is 2. The van der Waals surface area contributed by atoms with Crippen LogP contribution in [0, 0.1) is 0 Å². The predicted octanol–water partition coefficient (Wildman–Crippen LogP) is 0.874. The van der Waals surface area contributed by atoms with Gasteiger partial charge in [0.05, 0.1) is 19.9 Å². The van der Waals surface area contributed by atoms with Crippen LogP contribution in [0.25, 0.3) is 0 Å². The predicted molar refractivity (Wildman–Crippen MR) is 94.2 cm³/mol. The molecule has 1 aliphatic heterocycles. The molecule has 3 rings (SSSR count). The molecule has 1 amide bonds. The van der Waals surface area contributed by atoms with Crippen molar-refractivity contribution in [1.82, 2.24) is 14.2 Å². The number of nitrogens with zero attached hydrogens (tertiary/aromatic N) is 2. The number of ether oxygens (including phenoxy) is 1. The summed E-state index contributed by atoms with van der Waals surface area (Å²) in [5.41, 5.74) is 0.120. The van der Waals surface area contributed by atoms with Crippen molar-refractivity contribution in [2.75, 3.05) is 13.7 Å². The van der Waals surface area contributed by atoms with Crippen LogP contribution in [0.3, 0.4) is 0 Å². The number of aromatic nitrogens is 1. The maximum atomic E-state index is 13.0. The molecule has 0 bridgehead atoms. The van der Waals surface area contributed by atoms with Crippen LogP contribution < -0.4 is 5.32 Å². The minimum Gasteiger partial charge on any atom is -0.467 e. The maximum absolute atomic E-state index is 13.0. The molecule has 1 fully saturated rings. The SMILES string of the molecule is COC(=O)c1cc(S(=O)(=O)N2CCCC2C(=O)NCc2ccco2)cn1C. The van der Waals surface area contributed by atoms with E-state index in [0.29, 0.717) is 18.6 Å². The number of aryl methyl sites for hydroxylation is 1. The number of amides is 1.